The normalized spacial score (nSPS) is 20.7. The molecule has 8 heteroatoms. The summed E-state index contributed by atoms with van der Waals surface area (Å²) in [5, 5.41) is 0. The number of rotatable bonds is 3. The Bertz CT molecular complexity index is 1110. The van der Waals surface area contributed by atoms with E-state index in [1.54, 1.807) is 4.90 Å². The van der Waals surface area contributed by atoms with Gasteiger partial charge in [-0.1, -0.05) is 18.2 Å². The first-order chi connectivity index (χ1) is 17.8. The van der Waals surface area contributed by atoms with Gasteiger partial charge in [-0.3, -0.25) is 4.79 Å². The lowest BCUT2D eigenvalue weighted by Crippen LogP contribution is -2.45. The van der Waals surface area contributed by atoms with Crippen LogP contribution in [0, 0.1) is 5.92 Å². The van der Waals surface area contributed by atoms with Crippen LogP contribution in [-0.4, -0.2) is 73.1 Å². The molecule has 1 unspecified atom stereocenters. The van der Waals surface area contributed by atoms with Crippen molar-refractivity contribution in [3.8, 4) is 16.9 Å². The third kappa shape index (κ3) is 6.08. The lowest BCUT2D eigenvalue weighted by atomic mass is 9.95. The second-order valence-electron chi connectivity index (χ2n) is 10.9. The van der Waals surface area contributed by atoms with E-state index in [-0.39, 0.29) is 24.2 Å². The predicted octanol–water partition coefficient (Wildman–Crippen LogP) is 4.71. The summed E-state index contributed by atoms with van der Waals surface area (Å²) in [4.78, 5) is 28.7. The van der Waals surface area contributed by atoms with Gasteiger partial charge in [0.05, 0.1) is 19.8 Å². The Morgan fingerprint density at radius 1 is 0.892 bits per heavy atom. The summed E-state index contributed by atoms with van der Waals surface area (Å²) in [7, 11) is 0. The first-order valence-electron chi connectivity index (χ1n) is 13.1. The van der Waals surface area contributed by atoms with E-state index < -0.39 is 5.60 Å². The van der Waals surface area contributed by atoms with Crippen LogP contribution in [0.15, 0.2) is 42.5 Å². The van der Waals surface area contributed by atoms with Crippen LogP contribution < -0.4 is 4.74 Å². The van der Waals surface area contributed by atoms with Crippen molar-refractivity contribution in [2.75, 3.05) is 39.4 Å². The predicted molar refractivity (Wildman–Crippen MR) is 138 cm³/mol. The highest BCUT2D eigenvalue weighted by molar-refractivity contribution is 5.94. The molecule has 2 fully saturated rings. The summed E-state index contributed by atoms with van der Waals surface area (Å²) in [6, 6.07) is 13.9. The zero-order chi connectivity index (χ0) is 26.0. The van der Waals surface area contributed by atoms with Gasteiger partial charge in [-0.25, -0.2) is 4.79 Å². The van der Waals surface area contributed by atoms with Crippen molar-refractivity contribution in [1.82, 2.24) is 9.80 Å². The average molecular weight is 509 g/mol. The Hall–Kier alpha value is -3.10. The summed E-state index contributed by atoms with van der Waals surface area (Å²) >= 11 is 0. The van der Waals surface area contributed by atoms with Crippen LogP contribution in [-0.2, 0) is 20.8 Å². The molecule has 8 nitrogen and oxygen atoms in total. The maximum Gasteiger partial charge on any atom is 0.410 e. The summed E-state index contributed by atoms with van der Waals surface area (Å²) in [5.41, 5.74) is 3.30. The van der Waals surface area contributed by atoms with Crippen LogP contribution >= 0.6 is 0 Å². The van der Waals surface area contributed by atoms with Gasteiger partial charge in [-0.2, -0.15) is 0 Å². The minimum absolute atomic E-state index is 0.0464. The molecule has 0 spiro atoms. The molecule has 2 amide bonds. The van der Waals surface area contributed by atoms with Gasteiger partial charge in [0.15, 0.2) is 0 Å². The van der Waals surface area contributed by atoms with E-state index >= 15 is 0 Å². The van der Waals surface area contributed by atoms with Gasteiger partial charge in [-0.15, -0.1) is 0 Å². The fourth-order valence-electron chi connectivity index (χ4n) is 4.99. The molecule has 0 N–H and O–H groups in total. The number of carbonyl (C=O) groups excluding carboxylic acids is 2. The number of fused-ring (bicyclic) bond motifs is 1. The highest BCUT2D eigenvalue weighted by Crippen LogP contribution is 2.35. The fraction of sp³-hybridized carbons (Fsp3) is 0.517. The van der Waals surface area contributed by atoms with Gasteiger partial charge < -0.3 is 28.7 Å². The van der Waals surface area contributed by atoms with E-state index in [1.165, 1.54) is 0 Å². The zero-order valence-corrected chi connectivity index (χ0v) is 21.9. The van der Waals surface area contributed by atoms with Gasteiger partial charge in [-0.05, 0) is 69.0 Å². The smallest absolute Gasteiger partial charge is 0.410 e. The molecular formula is C29H36N2O6. The average Bonchev–Trinajstić information content (AvgIpc) is 2.92. The van der Waals surface area contributed by atoms with Crippen LogP contribution in [0.1, 0.15) is 49.5 Å². The van der Waals surface area contributed by atoms with E-state index in [9.17, 15) is 9.59 Å². The fourth-order valence-corrected chi connectivity index (χ4v) is 4.99. The molecule has 2 aromatic rings. The largest absolute Gasteiger partial charge is 0.464 e. The Balaban J connectivity index is 1.18. The highest BCUT2D eigenvalue weighted by atomic mass is 16.7. The van der Waals surface area contributed by atoms with Crippen molar-refractivity contribution < 1.29 is 28.5 Å². The number of likely N-dealkylation sites (tertiary alicyclic amines) is 1. The van der Waals surface area contributed by atoms with Crippen molar-refractivity contribution in [2.24, 2.45) is 5.92 Å². The van der Waals surface area contributed by atoms with Crippen LogP contribution in [0.2, 0.25) is 0 Å². The van der Waals surface area contributed by atoms with E-state index in [0.717, 1.165) is 35.3 Å². The van der Waals surface area contributed by atoms with Crippen LogP contribution in [0.3, 0.4) is 0 Å². The topological polar surface area (TPSA) is 77.5 Å². The second kappa shape index (κ2) is 10.7. The maximum atomic E-state index is 12.7. The van der Waals surface area contributed by atoms with E-state index in [2.05, 4.69) is 6.07 Å². The first-order valence-corrected chi connectivity index (χ1v) is 13.1. The molecule has 5 rings (SSSR count). The number of amides is 2. The number of hydrogen-bond acceptors (Lipinski definition) is 6. The standard InChI is InChI=1S/C29H36N2O6/c1-29(2,3)37-28(33)31-12-10-22(11-13-31)27-35-19-24-18-23(8-9-25(24)36-27)20-4-6-21(7-5-20)26(32)30-14-16-34-17-15-30/h4-9,18,22,27H,10-17,19H2,1-3H3. The first kappa shape index (κ1) is 25.5. The quantitative estimate of drug-likeness (QED) is 0.598. The van der Waals surface area contributed by atoms with Crippen LogP contribution in [0.4, 0.5) is 4.79 Å². The molecule has 0 bridgehead atoms. The monoisotopic (exact) mass is 508 g/mol. The molecule has 0 saturated carbocycles. The Morgan fingerprint density at radius 2 is 1.57 bits per heavy atom. The van der Waals surface area contributed by atoms with E-state index in [4.69, 9.17) is 18.9 Å². The lowest BCUT2D eigenvalue weighted by molar-refractivity contribution is -0.149. The van der Waals surface area contributed by atoms with Crippen molar-refractivity contribution >= 4 is 12.0 Å². The third-order valence-corrected chi connectivity index (χ3v) is 7.05. The number of nitrogens with zero attached hydrogens (tertiary/aromatic N) is 2. The van der Waals surface area contributed by atoms with E-state index in [1.807, 2.05) is 62.1 Å². The zero-order valence-electron chi connectivity index (χ0n) is 21.9. The number of piperidine rings is 1. The molecule has 2 aromatic carbocycles. The molecule has 3 aliphatic rings. The highest BCUT2D eigenvalue weighted by Gasteiger charge is 2.34. The van der Waals surface area contributed by atoms with Gasteiger partial charge in [0, 0.05) is 43.2 Å². The van der Waals surface area contributed by atoms with Gasteiger partial charge in [0.25, 0.3) is 5.91 Å². The molecule has 2 saturated heterocycles. The van der Waals surface area contributed by atoms with Gasteiger partial charge in [0.1, 0.15) is 11.4 Å². The van der Waals surface area contributed by atoms with E-state index in [0.29, 0.717) is 51.6 Å². The molecule has 37 heavy (non-hydrogen) atoms. The number of morpholine rings is 1. The molecule has 3 heterocycles. The maximum absolute atomic E-state index is 12.7. The second-order valence-corrected chi connectivity index (χ2v) is 10.9. The Morgan fingerprint density at radius 3 is 2.24 bits per heavy atom. The number of benzene rings is 2. The van der Waals surface area contributed by atoms with Gasteiger partial charge >= 0.3 is 6.09 Å². The summed E-state index contributed by atoms with van der Waals surface area (Å²) < 4.78 is 23.2. The van der Waals surface area contributed by atoms with Crippen molar-refractivity contribution in [3.05, 3.63) is 53.6 Å². The summed E-state index contributed by atoms with van der Waals surface area (Å²) in [6.45, 7) is 9.85. The summed E-state index contributed by atoms with van der Waals surface area (Å²) in [6.07, 6.45) is 1.05. The Labute approximate surface area is 218 Å². The number of ether oxygens (including phenoxy) is 4. The van der Waals surface area contributed by atoms with Crippen molar-refractivity contribution in [1.29, 1.82) is 0 Å². The van der Waals surface area contributed by atoms with Crippen molar-refractivity contribution in [3.63, 3.8) is 0 Å². The lowest BCUT2D eigenvalue weighted by Gasteiger charge is -2.38. The minimum Gasteiger partial charge on any atom is -0.464 e. The Kier molecular flexibility index (Phi) is 7.40. The minimum atomic E-state index is -0.492. The molecule has 0 aromatic heterocycles. The molecule has 198 valence electrons. The number of carbonyl (C=O) groups is 2. The molecule has 0 radical (unpaired) electrons. The molecule has 3 aliphatic heterocycles. The molecule has 1 atom stereocenters. The van der Waals surface area contributed by atoms with Crippen LogP contribution in [0.5, 0.6) is 5.75 Å². The van der Waals surface area contributed by atoms with Crippen LogP contribution in [0.25, 0.3) is 11.1 Å². The third-order valence-electron chi connectivity index (χ3n) is 7.05. The van der Waals surface area contributed by atoms with Gasteiger partial charge in [0.2, 0.25) is 6.29 Å². The SMILES string of the molecule is CC(C)(C)OC(=O)N1CCC(C2OCc3cc(-c4ccc(C(=O)N5CCOCC5)cc4)ccc3O2)CC1. The van der Waals surface area contributed by atoms with Crippen molar-refractivity contribution in [2.45, 2.75) is 52.1 Å². The summed E-state index contributed by atoms with van der Waals surface area (Å²) in [5.74, 6) is 1.11. The molecule has 0 aliphatic carbocycles. The molecular weight excluding hydrogens is 472 g/mol. The number of hydrogen-bond donors (Lipinski definition) is 0.